The van der Waals surface area contributed by atoms with Crippen LogP contribution in [0.2, 0.25) is 0 Å². The van der Waals surface area contributed by atoms with E-state index in [1.807, 2.05) is 18.5 Å². The standard InChI is InChI=1S/C12H21ClN2/c1-2-3-4-5-6-7-9-15-10-8-12(13)11-14-15/h8,10-11,14H,2-7,9H2,1H3. The van der Waals surface area contributed by atoms with Gasteiger partial charge < -0.3 is 5.43 Å². The van der Waals surface area contributed by atoms with Crippen LogP contribution in [0.4, 0.5) is 0 Å². The summed E-state index contributed by atoms with van der Waals surface area (Å²) >= 11 is 5.79. The molecular formula is C12H21ClN2. The van der Waals surface area contributed by atoms with E-state index >= 15 is 0 Å². The Hall–Kier alpha value is -0.630. The van der Waals surface area contributed by atoms with Crippen molar-refractivity contribution in [3.05, 3.63) is 23.5 Å². The lowest BCUT2D eigenvalue weighted by Gasteiger charge is -2.22. The van der Waals surface area contributed by atoms with E-state index < -0.39 is 0 Å². The summed E-state index contributed by atoms with van der Waals surface area (Å²) in [6.07, 6.45) is 13.7. The quantitative estimate of drug-likeness (QED) is 0.668. The van der Waals surface area contributed by atoms with Crippen molar-refractivity contribution in [2.45, 2.75) is 45.4 Å². The first-order valence-electron chi connectivity index (χ1n) is 5.89. The Morgan fingerprint density at radius 3 is 2.60 bits per heavy atom. The Labute approximate surface area is 98.0 Å². The van der Waals surface area contributed by atoms with Gasteiger partial charge in [0.05, 0.1) is 5.03 Å². The van der Waals surface area contributed by atoms with Crippen molar-refractivity contribution < 1.29 is 0 Å². The van der Waals surface area contributed by atoms with Gasteiger partial charge in [-0.2, -0.15) is 0 Å². The lowest BCUT2D eigenvalue weighted by molar-refractivity contribution is 0.302. The number of hydrazine groups is 1. The van der Waals surface area contributed by atoms with Crippen LogP contribution < -0.4 is 5.43 Å². The van der Waals surface area contributed by atoms with Crippen molar-refractivity contribution in [2.75, 3.05) is 6.54 Å². The number of hydrogen-bond donors (Lipinski definition) is 1. The highest BCUT2D eigenvalue weighted by molar-refractivity contribution is 6.31. The third kappa shape index (κ3) is 5.73. The number of hydrogen-bond acceptors (Lipinski definition) is 2. The SMILES string of the molecule is CCCCCCCCN1C=CC(Cl)=CN1. The van der Waals surface area contributed by atoms with Gasteiger partial charge in [-0.3, -0.25) is 5.01 Å². The average Bonchev–Trinajstić information content (AvgIpc) is 2.26. The zero-order valence-electron chi connectivity index (χ0n) is 9.51. The molecule has 0 unspecified atom stereocenters. The van der Waals surface area contributed by atoms with Crippen molar-refractivity contribution in [1.29, 1.82) is 0 Å². The normalized spacial score (nSPS) is 15.1. The smallest absolute Gasteiger partial charge is 0.0596 e. The van der Waals surface area contributed by atoms with Gasteiger partial charge in [0, 0.05) is 18.9 Å². The van der Waals surface area contributed by atoms with Crippen LogP contribution in [0.25, 0.3) is 0 Å². The van der Waals surface area contributed by atoms with Gasteiger partial charge >= 0.3 is 0 Å². The number of allylic oxidation sites excluding steroid dienone is 2. The summed E-state index contributed by atoms with van der Waals surface area (Å²) in [5, 5.41) is 2.83. The molecule has 1 heterocycles. The van der Waals surface area contributed by atoms with Crippen molar-refractivity contribution in [3.8, 4) is 0 Å². The first kappa shape index (κ1) is 12.4. The second-order valence-corrected chi connectivity index (χ2v) is 4.37. The molecule has 0 amide bonds. The number of unbranched alkanes of at least 4 members (excludes halogenated alkanes) is 5. The van der Waals surface area contributed by atoms with Gasteiger partial charge in [0.15, 0.2) is 0 Å². The molecule has 0 aromatic rings. The summed E-state index contributed by atoms with van der Waals surface area (Å²) in [6.45, 7) is 3.31. The van der Waals surface area contributed by atoms with E-state index in [1.165, 1.54) is 38.5 Å². The molecule has 0 atom stereocenters. The van der Waals surface area contributed by atoms with Crippen molar-refractivity contribution >= 4 is 11.6 Å². The summed E-state index contributed by atoms with van der Waals surface area (Å²) in [6, 6.07) is 0. The van der Waals surface area contributed by atoms with Crippen LogP contribution >= 0.6 is 11.6 Å². The summed E-state index contributed by atoms with van der Waals surface area (Å²) in [4.78, 5) is 0. The Kier molecular flexibility index (Phi) is 6.33. The van der Waals surface area contributed by atoms with Crippen LogP contribution in [0.5, 0.6) is 0 Å². The summed E-state index contributed by atoms with van der Waals surface area (Å²) in [5.41, 5.74) is 3.12. The number of rotatable bonds is 7. The molecule has 0 saturated heterocycles. The van der Waals surface area contributed by atoms with Crippen LogP contribution in [0.1, 0.15) is 45.4 Å². The van der Waals surface area contributed by atoms with Crippen LogP contribution in [0, 0.1) is 0 Å². The fourth-order valence-corrected chi connectivity index (χ4v) is 1.70. The highest BCUT2D eigenvalue weighted by atomic mass is 35.5. The maximum absolute atomic E-state index is 5.79. The van der Waals surface area contributed by atoms with Crippen LogP contribution in [0.3, 0.4) is 0 Å². The lowest BCUT2D eigenvalue weighted by Crippen LogP contribution is -2.31. The first-order valence-corrected chi connectivity index (χ1v) is 6.27. The van der Waals surface area contributed by atoms with E-state index in [-0.39, 0.29) is 0 Å². The maximum Gasteiger partial charge on any atom is 0.0596 e. The number of nitrogens with one attached hydrogen (secondary N) is 1. The summed E-state index contributed by atoms with van der Waals surface area (Å²) in [7, 11) is 0. The van der Waals surface area contributed by atoms with Gasteiger partial charge in [0.25, 0.3) is 0 Å². The topological polar surface area (TPSA) is 15.3 Å². The van der Waals surface area contributed by atoms with E-state index in [0.717, 1.165) is 11.6 Å². The second kappa shape index (κ2) is 7.63. The molecule has 0 fully saturated rings. The van der Waals surface area contributed by atoms with E-state index in [0.29, 0.717) is 0 Å². The number of nitrogens with zero attached hydrogens (tertiary/aromatic N) is 1. The molecule has 1 N–H and O–H groups in total. The molecule has 3 heteroatoms. The molecule has 0 aliphatic carbocycles. The Morgan fingerprint density at radius 1 is 1.20 bits per heavy atom. The molecule has 1 aliphatic heterocycles. The van der Waals surface area contributed by atoms with E-state index in [1.54, 1.807) is 0 Å². The molecule has 0 aromatic carbocycles. The number of halogens is 1. The molecule has 0 saturated carbocycles. The minimum Gasteiger partial charge on any atom is -0.305 e. The Bertz CT molecular complexity index is 224. The highest BCUT2D eigenvalue weighted by Gasteiger charge is 2.01. The molecule has 2 nitrogen and oxygen atoms in total. The molecule has 0 spiro atoms. The van der Waals surface area contributed by atoms with Crippen LogP contribution in [0.15, 0.2) is 23.5 Å². The zero-order valence-corrected chi connectivity index (χ0v) is 10.3. The molecule has 0 aromatic heterocycles. The Balaban J connectivity index is 1.95. The molecule has 15 heavy (non-hydrogen) atoms. The third-order valence-electron chi connectivity index (χ3n) is 2.53. The van der Waals surface area contributed by atoms with E-state index in [2.05, 4.69) is 17.4 Å². The maximum atomic E-state index is 5.79. The molecule has 1 rings (SSSR count). The van der Waals surface area contributed by atoms with Gasteiger partial charge in [0.1, 0.15) is 0 Å². The minimum absolute atomic E-state index is 0.759. The molecular weight excluding hydrogens is 208 g/mol. The summed E-state index contributed by atoms with van der Waals surface area (Å²) < 4.78 is 0. The highest BCUT2D eigenvalue weighted by Crippen LogP contribution is 2.09. The average molecular weight is 229 g/mol. The van der Waals surface area contributed by atoms with Gasteiger partial charge in [0.2, 0.25) is 0 Å². The predicted molar refractivity (Wildman–Crippen MR) is 66.3 cm³/mol. The Morgan fingerprint density at radius 2 is 1.93 bits per heavy atom. The van der Waals surface area contributed by atoms with Crippen molar-refractivity contribution in [2.24, 2.45) is 0 Å². The monoisotopic (exact) mass is 228 g/mol. The third-order valence-corrected chi connectivity index (χ3v) is 2.77. The largest absolute Gasteiger partial charge is 0.305 e. The van der Waals surface area contributed by atoms with Gasteiger partial charge in [-0.15, -0.1) is 0 Å². The molecule has 0 radical (unpaired) electrons. The predicted octanol–water partition coefficient (Wildman–Crippen LogP) is 3.76. The van der Waals surface area contributed by atoms with Gasteiger partial charge in [-0.1, -0.05) is 50.6 Å². The van der Waals surface area contributed by atoms with Crippen molar-refractivity contribution in [3.63, 3.8) is 0 Å². The van der Waals surface area contributed by atoms with E-state index in [9.17, 15) is 0 Å². The zero-order chi connectivity index (χ0) is 10.9. The van der Waals surface area contributed by atoms with Crippen LogP contribution in [-0.2, 0) is 0 Å². The van der Waals surface area contributed by atoms with Gasteiger partial charge in [-0.05, 0) is 12.5 Å². The lowest BCUT2D eigenvalue weighted by atomic mass is 10.1. The second-order valence-electron chi connectivity index (χ2n) is 3.94. The van der Waals surface area contributed by atoms with Gasteiger partial charge in [-0.25, -0.2) is 0 Å². The first-order chi connectivity index (χ1) is 7.33. The molecule has 0 bridgehead atoms. The van der Waals surface area contributed by atoms with E-state index in [4.69, 9.17) is 11.6 Å². The summed E-state index contributed by atoms with van der Waals surface area (Å²) in [5.74, 6) is 0. The van der Waals surface area contributed by atoms with Crippen molar-refractivity contribution in [1.82, 2.24) is 10.4 Å². The fraction of sp³-hybridized carbons (Fsp3) is 0.667. The van der Waals surface area contributed by atoms with Crippen LogP contribution in [-0.4, -0.2) is 11.6 Å². The minimum atomic E-state index is 0.759. The fourth-order valence-electron chi connectivity index (χ4n) is 1.60. The molecule has 86 valence electrons. The molecule has 1 aliphatic rings.